The Bertz CT molecular complexity index is 1710. The van der Waals surface area contributed by atoms with Crippen molar-refractivity contribution >= 4 is 29.3 Å². The van der Waals surface area contributed by atoms with Crippen molar-refractivity contribution < 1.29 is 45.5 Å². The third kappa shape index (κ3) is 17.0. The van der Waals surface area contributed by atoms with Crippen molar-refractivity contribution in [3.63, 3.8) is 0 Å². The van der Waals surface area contributed by atoms with Crippen LogP contribution in [0.2, 0.25) is 0 Å². The number of likely N-dealkylation sites (tertiary alicyclic amines) is 1. The minimum Gasteiger partial charge on any atom is -0.444 e. The minimum atomic E-state index is -4.32. The van der Waals surface area contributed by atoms with Crippen LogP contribution in [0.4, 0.5) is 42.5 Å². The SMILES string of the molecule is CC(C)(C)OC(=O)N1CCC(NC(=O)CCCN2CCN(c3ccc(C(F)(F)F)cc3)CC2)CC1.O=C(CCCN1CCN(c2ccc(C(F)(F)F)cc2)CC1)NC1CCNCC1. The van der Waals surface area contributed by atoms with Gasteiger partial charge in [-0.1, -0.05) is 0 Å². The smallest absolute Gasteiger partial charge is 0.416 e. The van der Waals surface area contributed by atoms with Gasteiger partial charge >= 0.3 is 18.4 Å². The van der Waals surface area contributed by atoms with Crippen LogP contribution in [0.3, 0.4) is 0 Å². The average Bonchev–Trinajstić information content (AvgIpc) is 3.24. The highest BCUT2D eigenvalue weighted by atomic mass is 19.4. The summed E-state index contributed by atoms with van der Waals surface area (Å²) in [6, 6.07) is 11.1. The zero-order chi connectivity index (χ0) is 45.6. The van der Waals surface area contributed by atoms with E-state index in [0.717, 1.165) is 153 Å². The molecule has 4 fully saturated rings. The van der Waals surface area contributed by atoms with Gasteiger partial charge in [0.15, 0.2) is 0 Å². The van der Waals surface area contributed by atoms with Crippen LogP contribution in [0.1, 0.15) is 83.3 Å². The van der Waals surface area contributed by atoms with Crippen LogP contribution in [0.5, 0.6) is 0 Å². The van der Waals surface area contributed by atoms with E-state index < -0.39 is 29.1 Å². The first-order chi connectivity index (χ1) is 29.8. The molecule has 12 nitrogen and oxygen atoms in total. The lowest BCUT2D eigenvalue weighted by Gasteiger charge is -2.36. The lowest BCUT2D eigenvalue weighted by Crippen LogP contribution is -2.48. The Morgan fingerprint density at radius 3 is 1.33 bits per heavy atom. The summed E-state index contributed by atoms with van der Waals surface area (Å²) in [6.45, 7) is 16.7. The van der Waals surface area contributed by atoms with E-state index in [1.54, 1.807) is 17.0 Å². The van der Waals surface area contributed by atoms with Gasteiger partial charge in [-0.05, 0) is 134 Å². The summed E-state index contributed by atoms with van der Waals surface area (Å²) >= 11 is 0. The molecule has 6 rings (SSSR count). The fraction of sp³-hybridized carbons (Fsp3) is 0.667. The van der Waals surface area contributed by atoms with Gasteiger partial charge < -0.3 is 35.4 Å². The van der Waals surface area contributed by atoms with E-state index in [0.29, 0.717) is 32.0 Å². The van der Waals surface area contributed by atoms with Crippen molar-refractivity contribution in [2.45, 2.75) is 102 Å². The molecule has 0 aromatic heterocycles. The maximum atomic E-state index is 12.7. The standard InChI is InChI=1S/C25H37F3N4O3.C20H29F3N4O/c1-24(2,3)35-23(34)32-13-10-20(11-14-32)29-22(33)5-4-12-30-15-17-31(18-16-30)21-8-6-19(7-9-21)25(26,27)28;21-20(22,23)16-3-5-18(6-4-16)27-14-12-26(13-15-27)11-1-2-19(28)25-17-7-9-24-10-8-17/h6-9,20H,4-5,10-18H2,1-3H3,(H,29,33);3-6,17,24H,1-2,7-15H2,(H,25,28). The number of hydrogen-bond donors (Lipinski definition) is 3. The number of alkyl halides is 6. The molecule has 4 aliphatic rings. The molecule has 352 valence electrons. The Morgan fingerprint density at radius 2 is 0.968 bits per heavy atom. The van der Waals surface area contributed by atoms with E-state index in [-0.39, 0.29) is 23.9 Å². The number of carbonyl (C=O) groups excluding carboxylic acids is 3. The number of ether oxygens (including phenoxy) is 1. The Labute approximate surface area is 368 Å². The first-order valence-corrected chi connectivity index (χ1v) is 22.4. The summed E-state index contributed by atoms with van der Waals surface area (Å²) in [5, 5.41) is 9.48. The average molecular weight is 897 g/mol. The third-order valence-electron chi connectivity index (χ3n) is 11.8. The number of piperazine rings is 2. The molecule has 4 aliphatic heterocycles. The number of anilines is 2. The van der Waals surface area contributed by atoms with Crippen LogP contribution >= 0.6 is 0 Å². The summed E-state index contributed by atoms with van der Waals surface area (Å²) < 4.78 is 81.6. The van der Waals surface area contributed by atoms with Crippen LogP contribution in [0, 0.1) is 0 Å². The van der Waals surface area contributed by atoms with Gasteiger partial charge in [0.1, 0.15) is 5.60 Å². The van der Waals surface area contributed by atoms with Crippen LogP contribution < -0.4 is 25.8 Å². The van der Waals surface area contributed by atoms with E-state index in [9.17, 15) is 40.7 Å². The predicted molar refractivity (Wildman–Crippen MR) is 232 cm³/mol. The first-order valence-electron chi connectivity index (χ1n) is 22.4. The molecule has 4 heterocycles. The number of rotatable bonds is 12. The second-order valence-corrected chi connectivity index (χ2v) is 17.9. The zero-order valence-electron chi connectivity index (χ0n) is 37.0. The minimum absolute atomic E-state index is 0.0316. The number of carbonyl (C=O) groups is 3. The molecular weight excluding hydrogens is 831 g/mol. The van der Waals surface area contributed by atoms with Gasteiger partial charge in [0.2, 0.25) is 11.8 Å². The molecule has 2 aromatic carbocycles. The molecule has 0 atom stereocenters. The van der Waals surface area contributed by atoms with E-state index in [1.807, 2.05) is 20.8 Å². The number of benzene rings is 2. The van der Waals surface area contributed by atoms with Crippen LogP contribution in [0.15, 0.2) is 48.5 Å². The summed E-state index contributed by atoms with van der Waals surface area (Å²) in [5.41, 5.74) is -0.134. The van der Waals surface area contributed by atoms with Crippen LogP contribution in [-0.2, 0) is 26.7 Å². The monoisotopic (exact) mass is 897 g/mol. The quantitative estimate of drug-likeness (QED) is 0.203. The molecule has 3 N–H and O–H groups in total. The van der Waals surface area contributed by atoms with E-state index >= 15 is 0 Å². The molecule has 4 saturated heterocycles. The maximum Gasteiger partial charge on any atom is 0.416 e. The highest BCUT2D eigenvalue weighted by Crippen LogP contribution is 2.32. The van der Waals surface area contributed by atoms with Crippen LogP contribution in [0.25, 0.3) is 0 Å². The zero-order valence-corrected chi connectivity index (χ0v) is 37.0. The van der Waals surface area contributed by atoms with Gasteiger partial charge in [-0.3, -0.25) is 19.4 Å². The van der Waals surface area contributed by atoms with Crippen LogP contribution in [-0.4, -0.2) is 142 Å². The molecule has 2 aromatic rings. The van der Waals surface area contributed by atoms with Gasteiger partial charge in [-0.2, -0.15) is 26.3 Å². The number of hydrogen-bond acceptors (Lipinski definition) is 9. The molecule has 0 bridgehead atoms. The number of halogens is 6. The van der Waals surface area contributed by atoms with Crippen molar-refractivity contribution in [1.29, 1.82) is 0 Å². The van der Waals surface area contributed by atoms with Crippen molar-refractivity contribution in [2.75, 3.05) is 101 Å². The maximum absolute atomic E-state index is 12.7. The first kappa shape index (κ1) is 49.7. The Balaban J connectivity index is 0.000000243. The summed E-state index contributed by atoms with van der Waals surface area (Å²) in [6.07, 6.45) is -2.91. The molecule has 0 radical (unpaired) electrons. The fourth-order valence-electron chi connectivity index (χ4n) is 8.21. The van der Waals surface area contributed by atoms with E-state index in [2.05, 4.69) is 35.6 Å². The van der Waals surface area contributed by atoms with E-state index in [4.69, 9.17) is 4.74 Å². The Morgan fingerprint density at radius 1 is 0.587 bits per heavy atom. The largest absolute Gasteiger partial charge is 0.444 e. The Kier molecular flexibility index (Phi) is 18.2. The molecule has 3 amide bonds. The number of nitrogens with one attached hydrogen (secondary N) is 3. The van der Waals surface area contributed by atoms with Gasteiger partial charge in [-0.25, -0.2) is 4.79 Å². The molecule has 18 heteroatoms. The van der Waals surface area contributed by atoms with Gasteiger partial charge in [-0.15, -0.1) is 0 Å². The van der Waals surface area contributed by atoms with Gasteiger partial charge in [0.25, 0.3) is 0 Å². The van der Waals surface area contributed by atoms with Crippen molar-refractivity contribution in [1.82, 2.24) is 30.7 Å². The van der Waals surface area contributed by atoms with E-state index in [1.165, 1.54) is 12.1 Å². The molecule has 0 saturated carbocycles. The molecule has 0 aliphatic carbocycles. The Hall–Kier alpha value is -4.29. The van der Waals surface area contributed by atoms with Gasteiger partial charge in [0.05, 0.1) is 11.1 Å². The predicted octanol–water partition coefficient (Wildman–Crippen LogP) is 6.60. The second kappa shape index (κ2) is 23.1. The number of amides is 3. The highest BCUT2D eigenvalue weighted by molar-refractivity contribution is 5.76. The summed E-state index contributed by atoms with van der Waals surface area (Å²) in [4.78, 5) is 47.1. The third-order valence-corrected chi connectivity index (χ3v) is 11.8. The van der Waals surface area contributed by atoms with Gasteiger partial charge in [0, 0.05) is 102 Å². The molecule has 0 spiro atoms. The number of nitrogens with zero attached hydrogens (tertiary/aromatic N) is 5. The number of piperidine rings is 2. The summed E-state index contributed by atoms with van der Waals surface area (Å²) in [7, 11) is 0. The van der Waals surface area contributed by atoms with Crippen molar-refractivity contribution in [3.8, 4) is 0 Å². The topological polar surface area (TPSA) is 113 Å². The normalized spacial score (nSPS) is 19.0. The summed E-state index contributed by atoms with van der Waals surface area (Å²) in [5.74, 6) is 0.166. The fourth-order valence-corrected chi connectivity index (χ4v) is 8.21. The second-order valence-electron chi connectivity index (χ2n) is 17.9. The molecule has 0 unspecified atom stereocenters. The lowest BCUT2D eigenvalue weighted by atomic mass is 10.0. The highest BCUT2D eigenvalue weighted by Gasteiger charge is 2.32. The molecular formula is C45H66F6N8O4. The van der Waals surface area contributed by atoms with Crippen molar-refractivity contribution in [3.05, 3.63) is 59.7 Å². The lowest BCUT2D eigenvalue weighted by molar-refractivity contribution is -0.138. The van der Waals surface area contributed by atoms with Crippen molar-refractivity contribution in [2.24, 2.45) is 0 Å². The molecule has 63 heavy (non-hydrogen) atoms.